The summed E-state index contributed by atoms with van der Waals surface area (Å²) >= 11 is 0. The smallest absolute Gasteiger partial charge is 0.308 e. The summed E-state index contributed by atoms with van der Waals surface area (Å²) < 4.78 is 4.79. The number of rotatable bonds is 6. The zero-order valence-electron chi connectivity index (χ0n) is 7.05. The molecule has 0 aromatic rings. The van der Waals surface area contributed by atoms with E-state index in [9.17, 15) is 4.79 Å². The second-order valence-corrected chi connectivity index (χ2v) is 2.02. The fraction of sp³-hybridized carbons (Fsp3) is 0.857. The average molecular weight is 161 g/mol. The van der Waals surface area contributed by atoms with E-state index in [1.54, 1.807) is 7.05 Å². The Labute approximate surface area is 66.8 Å². The molecule has 4 heteroatoms. The number of carbonyl (C=O) groups is 1. The van der Waals surface area contributed by atoms with Gasteiger partial charge in [-0.15, -0.1) is 0 Å². The topological polar surface area (TPSA) is 47.6 Å². The monoisotopic (exact) mass is 161 g/mol. The molecule has 0 saturated carbocycles. The molecule has 0 aromatic carbocycles. The summed E-state index contributed by atoms with van der Waals surface area (Å²) in [6.07, 6.45) is 1.17. The van der Waals surface area contributed by atoms with Crippen LogP contribution in [0.25, 0.3) is 0 Å². The third-order valence-electron chi connectivity index (χ3n) is 1.02. The van der Waals surface area contributed by atoms with Gasteiger partial charge in [0.2, 0.25) is 0 Å². The number of ether oxygens (including phenoxy) is 1. The van der Waals surface area contributed by atoms with Gasteiger partial charge in [0.1, 0.15) is 0 Å². The summed E-state index contributed by atoms with van der Waals surface area (Å²) in [5.41, 5.74) is 2.47. The quantitative estimate of drug-likeness (QED) is 0.349. The highest BCUT2D eigenvalue weighted by Gasteiger charge is 2.00. The first-order valence-corrected chi connectivity index (χ1v) is 3.75. The van der Waals surface area contributed by atoms with E-state index in [1.165, 1.54) is 0 Å². The zero-order valence-corrected chi connectivity index (χ0v) is 7.05. The Hall–Kier alpha value is -0.610. The van der Waals surface area contributed by atoms with E-state index in [-0.39, 0.29) is 5.97 Å². The minimum absolute atomic E-state index is 0.206. The summed E-state index contributed by atoms with van der Waals surface area (Å²) in [7, 11) is 1.65. The van der Waals surface area contributed by atoms with E-state index >= 15 is 0 Å². The number of nitrogens with one attached hydrogen (secondary N) is 1. The van der Waals surface area contributed by atoms with Crippen LogP contribution in [0.1, 0.15) is 19.8 Å². The molecule has 0 heterocycles. The molecule has 0 aromatic heterocycles. The van der Waals surface area contributed by atoms with Crippen molar-refractivity contribution in [2.45, 2.75) is 19.8 Å². The normalized spacial score (nSPS) is 9.64. The van der Waals surface area contributed by atoms with Crippen molar-refractivity contribution < 1.29 is 14.4 Å². The van der Waals surface area contributed by atoms with Gasteiger partial charge in [0.15, 0.2) is 0 Å². The van der Waals surface area contributed by atoms with Crippen molar-refractivity contribution in [2.24, 2.45) is 0 Å². The lowest BCUT2D eigenvalue weighted by Gasteiger charge is -2.02. The molecule has 0 atom stereocenters. The molecule has 0 spiro atoms. The lowest BCUT2D eigenvalue weighted by molar-refractivity contribution is -0.145. The molecule has 0 amide bonds. The lowest BCUT2D eigenvalue weighted by atomic mass is 10.4. The molecular formula is C7H15NO3. The first-order chi connectivity index (χ1) is 5.31. The highest BCUT2D eigenvalue weighted by Crippen LogP contribution is 1.88. The molecule has 0 aliphatic carbocycles. The molecule has 0 aliphatic heterocycles. The molecule has 0 radical (unpaired) electrons. The van der Waals surface area contributed by atoms with Crippen molar-refractivity contribution in [2.75, 3.05) is 20.3 Å². The van der Waals surface area contributed by atoms with Crippen LogP contribution in [0.3, 0.4) is 0 Å². The van der Waals surface area contributed by atoms with Gasteiger partial charge in [-0.25, -0.2) is 5.48 Å². The third kappa shape index (κ3) is 7.29. The summed E-state index contributed by atoms with van der Waals surface area (Å²) in [6, 6.07) is 0. The van der Waals surface area contributed by atoms with Crippen molar-refractivity contribution >= 4 is 5.97 Å². The molecule has 0 aliphatic rings. The SMILES string of the molecule is CCCOC(=O)CCONC. The van der Waals surface area contributed by atoms with Crippen LogP contribution in [0.2, 0.25) is 0 Å². The zero-order chi connectivity index (χ0) is 8.53. The Morgan fingerprint density at radius 3 is 2.73 bits per heavy atom. The Bertz CT molecular complexity index is 106. The Balaban J connectivity index is 3.09. The second-order valence-electron chi connectivity index (χ2n) is 2.02. The van der Waals surface area contributed by atoms with Crippen LogP contribution in [-0.2, 0) is 14.4 Å². The summed E-state index contributed by atoms with van der Waals surface area (Å²) in [5.74, 6) is -0.206. The summed E-state index contributed by atoms with van der Waals surface area (Å²) in [4.78, 5) is 15.5. The largest absolute Gasteiger partial charge is 0.466 e. The Morgan fingerprint density at radius 1 is 1.45 bits per heavy atom. The maximum absolute atomic E-state index is 10.7. The van der Waals surface area contributed by atoms with Gasteiger partial charge in [-0.05, 0) is 6.42 Å². The van der Waals surface area contributed by atoms with Gasteiger partial charge in [0, 0.05) is 7.05 Å². The molecule has 66 valence electrons. The molecule has 1 N–H and O–H groups in total. The van der Waals surface area contributed by atoms with Gasteiger partial charge in [-0.2, -0.15) is 0 Å². The van der Waals surface area contributed by atoms with Gasteiger partial charge >= 0.3 is 5.97 Å². The number of hydrogen-bond acceptors (Lipinski definition) is 4. The van der Waals surface area contributed by atoms with Crippen molar-refractivity contribution in [1.29, 1.82) is 0 Å². The van der Waals surface area contributed by atoms with E-state index in [0.717, 1.165) is 6.42 Å². The maximum atomic E-state index is 10.7. The maximum Gasteiger partial charge on any atom is 0.308 e. The van der Waals surface area contributed by atoms with Crippen LogP contribution in [0, 0.1) is 0 Å². The first-order valence-electron chi connectivity index (χ1n) is 3.75. The molecule has 0 rings (SSSR count). The average Bonchev–Trinajstić information content (AvgIpc) is 2.01. The minimum Gasteiger partial charge on any atom is -0.466 e. The summed E-state index contributed by atoms with van der Waals surface area (Å²) in [5, 5.41) is 0. The van der Waals surface area contributed by atoms with E-state index in [2.05, 4.69) is 5.48 Å². The first kappa shape index (κ1) is 10.4. The fourth-order valence-electron chi connectivity index (χ4n) is 0.524. The molecule has 4 nitrogen and oxygen atoms in total. The van der Waals surface area contributed by atoms with E-state index in [4.69, 9.17) is 9.57 Å². The molecular weight excluding hydrogens is 146 g/mol. The van der Waals surface area contributed by atoms with E-state index < -0.39 is 0 Å². The number of hydroxylamine groups is 1. The molecule has 0 saturated heterocycles. The molecule has 0 bridgehead atoms. The second kappa shape index (κ2) is 7.50. The number of esters is 1. The van der Waals surface area contributed by atoms with E-state index in [1.807, 2.05) is 6.92 Å². The minimum atomic E-state index is -0.206. The van der Waals surface area contributed by atoms with Crippen molar-refractivity contribution in [1.82, 2.24) is 5.48 Å². The van der Waals surface area contributed by atoms with Crippen LogP contribution in [0.5, 0.6) is 0 Å². The van der Waals surface area contributed by atoms with Gasteiger partial charge in [-0.1, -0.05) is 6.92 Å². The molecule has 0 unspecified atom stereocenters. The van der Waals surface area contributed by atoms with Crippen molar-refractivity contribution in [3.05, 3.63) is 0 Å². The van der Waals surface area contributed by atoms with E-state index in [0.29, 0.717) is 19.6 Å². The fourth-order valence-corrected chi connectivity index (χ4v) is 0.524. The van der Waals surface area contributed by atoms with Crippen LogP contribution in [-0.4, -0.2) is 26.2 Å². The van der Waals surface area contributed by atoms with Crippen molar-refractivity contribution in [3.8, 4) is 0 Å². The van der Waals surface area contributed by atoms with Crippen LogP contribution >= 0.6 is 0 Å². The van der Waals surface area contributed by atoms with Gasteiger partial charge in [0.05, 0.1) is 19.6 Å². The number of hydrogen-bond donors (Lipinski definition) is 1. The lowest BCUT2D eigenvalue weighted by Crippen LogP contribution is -2.13. The summed E-state index contributed by atoms with van der Waals surface area (Å²) in [6.45, 7) is 2.81. The number of carbonyl (C=O) groups excluding carboxylic acids is 1. The van der Waals surface area contributed by atoms with Crippen LogP contribution < -0.4 is 5.48 Å². The Kier molecular flexibility index (Phi) is 7.08. The standard InChI is InChI=1S/C7H15NO3/c1-3-5-10-7(9)4-6-11-8-2/h8H,3-6H2,1-2H3. The van der Waals surface area contributed by atoms with Crippen LogP contribution in [0.4, 0.5) is 0 Å². The third-order valence-corrected chi connectivity index (χ3v) is 1.02. The van der Waals surface area contributed by atoms with Crippen molar-refractivity contribution in [3.63, 3.8) is 0 Å². The van der Waals surface area contributed by atoms with Gasteiger partial charge in [0.25, 0.3) is 0 Å². The predicted molar refractivity (Wildman–Crippen MR) is 40.9 cm³/mol. The predicted octanol–water partition coefficient (Wildman–Crippen LogP) is 0.481. The highest BCUT2D eigenvalue weighted by molar-refractivity contribution is 5.69. The van der Waals surface area contributed by atoms with Gasteiger partial charge < -0.3 is 9.57 Å². The molecule has 11 heavy (non-hydrogen) atoms. The Morgan fingerprint density at radius 2 is 2.18 bits per heavy atom. The highest BCUT2D eigenvalue weighted by atomic mass is 16.6. The van der Waals surface area contributed by atoms with Crippen LogP contribution in [0.15, 0.2) is 0 Å². The molecule has 0 fully saturated rings. The van der Waals surface area contributed by atoms with Gasteiger partial charge in [-0.3, -0.25) is 4.79 Å².